The van der Waals surface area contributed by atoms with Crippen LogP contribution in [0.3, 0.4) is 0 Å². The quantitative estimate of drug-likeness (QED) is 0.744. The van der Waals surface area contributed by atoms with Crippen LogP contribution < -0.4 is 5.32 Å². The van der Waals surface area contributed by atoms with Gasteiger partial charge in [0.15, 0.2) is 0 Å². The molecule has 1 N–H and O–H groups in total. The molecule has 0 unspecified atom stereocenters. The zero-order valence-corrected chi connectivity index (χ0v) is 14.8. The lowest BCUT2D eigenvalue weighted by atomic mass is 10.1. The van der Waals surface area contributed by atoms with Gasteiger partial charge in [0.2, 0.25) is 0 Å². The summed E-state index contributed by atoms with van der Waals surface area (Å²) in [5.41, 5.74) is 4.08. The number of aryl methyl sites for hydroxylation is 2. The minimum absolute atomic E-state index is 0.0261. The van der Waals surface area contributed by atoms with Gasteiger partial charge in [0, 0.05) is 23.9 Å². The summed E-state index contributed by atoms with van der Waals surface area (Å²) < 4.78 is 0. The third kappa shape index (κ3) is 3.86. The van der Waals surface area contributed by atoms with Gasteiger partial charge in [-0.25, -0.2) is 4.98 Å². The number of nitrogens with one attached hydrogen (secondary N) is 1. The number of hydrogen-bond acceptors (Lipinski definition) is 4. The van der Waals surface area contributed by atoms with Crippen molar-refractivity contribution in [3.05, 3.63) is 63.5 Å². The smallest absolute Gasteiger partial charge is 0.251 e. The second kappa shape index (κ2) is 7.06. The van der Waals surface area contributed by atoms with Gasteiger partial charge in [0.25, 0.3) is 5.91 Å². The minimum Gasteiger partial charge on any atom is -0.352 e. The zero-order valence-electron chi connectivity index (χ0n) is 13.1. The fourth-order valence-electron chi connectivity index (χ4n) is 2.22. The molecule has 1 amide bonds. The first-order valence-electron chi connectivity index (χ1n) is 7.47. The molecule has 2 aromatic heterocycles. The van der Waals surface area contributed by atoms with Crippen LogP contribution in [0.1, 0.15) is 27.2 Å². The molecule has 5 heteroatoms. The Morgan fingerprint density at radius 3 is 2.78 bits per heavy atom. The standard InChI is InChI=1S/C18H18N2OS2/c1-12-5-6-14(10-13(12)2)17(21)19-8-7-15-11-23-18(20-15)16-4-3-9-22-16/h3-6,9-11H,7-8H2,1-2H3,(H,19,21). The van der Waals surface area contributed by atoms with Crippen LogP contribution in [-0.2, 0) is 6.42 Å². The van der Waals surface area contributed by atoms with Crippen LogP contribution in [0.5, 0.6) is 0 Å². The Hall–Kier alpha value is -1.98. The predicted octanol–water partition coefficient (Wildman–Crippen LogP) is 4.46. The van der Waals surface area contributed by atoms with Gasteiger partial charge in [-0.15, -0.1) is 22.7 Å². The molecule has 2 heterocycles. The SMILES string of the molecule is Cc1ccc(C(=O)NCCc2csc(-c3cccs3)n2)cc1C. The summed E-state index contributed by atoms with van der Waals surface area (Å²) in [4.78, 5) is 18.0. The number of thiazole rings is 1. The van der Waals surface area contributed by atoms with E-state index in [9.17, 15) is 4.79 Å². The molecular formula is C18H18N2OS2. The minimum atomic E-state index is -0.0261. The monoisotopic (exact) mass is 342 g/mol. The van der Waals surface area contributed by atoms with Crippen LogP contribution in [0.25, 0.3) is 9.88 Å². The van der Waals surface area contributed by atoms with E-state index in [-0.39, 0.29) is 5.91 Å². The molecule has 0 aliphatic rings. The zero-order chi connectivity index (χ0) is 16.2. The van der Waals surface area contributed by atoms with Crippen LogP contribution in [-0.4, -0.2) is 17.4 Å². The van der Waals surface area contributed by atoms with Crippen LogP contribution in [0, 0.1) is 13.8 Å². The first kappa shape index (κ1) is 15.9. The van der Waals surface area contributed by atoms with Crippen molar-refractivity contribution >= 4 is 28.6 Å². The van der Waals surface area contributed by atoms with E-state index in [1.54, 1.807) is 22.7 Å². The lowest BCUT2D eigenvalue weighted by molar-refractivity contribution is 0.0954. The van der Waals surface area contributed by atoms with Gasteiger partial charge in [-0.3, -0.25) is 4.79 Å². The molecule has 23 heavy (non-hydrogen) atoms. The van der Waals surface area contributed by atoms with Crippen molar-refractivity contribution in [2.24, 2.45) is 0 Å². The Morgan fingerprint density at radius 2 is 2.04 bits per heavy atom. The highest BCUT2D eigenvalue weighted by Crippen LogP contribution is 2.27. The van der Waals surface area contributed by atoms with Crippen LogP contribution in [0.2, 0.25) is 0 Å². The third-order valence-electron chi connectivity index (χ3n) is 3.72. The average Bonchev–Trinajstić information content (AvgIpc) is 3.20. The van der Waals surface area contributed by atoms with Crippen molar-refractivity contribution < 1.29 is 4.79 Å². The summed E-state index contributed by atoms with van der Waals surface area (Å²) in [5, 5.41) is 8.14. The Kier molecular flexibility index (Phi) is 4.88. The van der Waals surface area contributed by atoms with E-state index in [0.717, 1.165) is 22.7 Å². The fourth-order valence-corrected chi connectivity index (χ4v) is 3.89. The van der Waals surface area contributed by atoms with Gasteiger partial charge in [-0.05, 0) is 48.6 Å². The van der Waals surface area contributed by atoms with Crippen molar-refractivity contribution in [2.75, 3.05) is 6.54 Å². The molecule has 3 aromatic rings. The van der Waals surface area contributed by atoms with E-state index in [1.807, 2.05) is 38.1 Å². The lowest BCUT2D eigenvalue weighted by Gasteiger charge is -2.06. The lowest BCUT2D eigenvalue weighted by Crippen LogP contribution is -2.25. The number of benzene rings is 1. The van der Waals surface area contributed by atoms with E-state index in [1.165, 1.54) is 10.4 Å². The largest absolute Gasteiger partial charge is 0.352 e. The number of nitrogens with zero attached hydrogens (tertiary/aromatic N) is 1. The van der Waals surface area contributed by atoms with Crippen molar-refractivity contribution in [2.45, 2.75) is 20.3 Å². The van der Waals surface area contributed by atoms with Gasteiger partial charge in [0.1, 0.15) is 5.01 Å². The van der Waals surface area contributed by atoms with Crippen LogP contribution in [0.4, 0.5) is 0 Å². The van der Waals surface area contributed by atoms with Gasteiger partial charge in [-0.1, -0.05) is 12.1 Å². The third-order valence-corrected chi connectivity index (χ3v) is 5.65. The molecule has 3 nitrogen and oxygen atoms in total. The number of thiophene rings is 1. The molecule has 3 rings (SSSR count). The highest BCUT2D eigenvalue weighted by Gasteiger charge is 2.08. The topological polar surface area (TPSA) is 42.0 Å². The van der Waals surface area contributed by atoms with Crippen molar-refractivity contribution in [1.82, 2.24) is 10.3 Å². The highest BCUT2D eigenvalue weighted by molar-refractivity contribution is 7.20. The number of amides is 1. The predicted molar refractivity (Wildman–Crippen MR) is 97.4 cm³/mol. The number of rotatable bonds is 5. The number of carbonyl (C=O) groups is 1. The van der Waals surface area contributed by atoms with Gasteiger partial charge in [0.05, 0.1) is 10.6 Å². The molecule has 1 aromatic carbocycles. The van der Waals surface area contributed by atoms with Gasteiger partial charge in [-0.2, -0.15) is 0 Å². The number of hydrogen-bond donors (Lipinski definition) is 1. The second-order valence-electron chi connectivity index (χ2n) is 5.43. The molecule has 118 valence electrons. The van der Waals surface area contributed by atoms with E-state index >= 15 is 0 Å². The summed E-state index contributed by atoms with van der Waals surface area (Å²) in [6.45, 7) is 4.66. The highest BCUT2D eigenvalue weighted by atomic mass is 32.1. The van der Waals surface area contributed by atoms with E-state index in [0.29, 0.717) is 12.1 Å². The molecule has 0 saturated carbocycles. The van der Waals surface area contributed by atoms with Crippen molar-refractivity contribution in [3.8, 4) is 9.88 Å². The fraction of sp³-hybridized carbons (Fsp3) is 0.222. The normalized spacial score (nSPS) is 10.7. The molecule has 0 spiro atoms. The molecule has 0 aliphatic heterocycles. The average molecular weight is 342 g/mol. The van der Waals surface area contributed by atoms with Crippen LogP contribution >= 0.6 is 22.7 Å². The Morgan fingerprint density at radius 1 is 1.17 bits per heavy atom. The summed E-state index contributed by atoms with van der Waals surface area (Å²) in [6, 6.07) is 9.90. The van der Waals surface area contributed by atoms with Gasteiger partial charge < -0.3 is 5.32 Å². The Balaban J connectivity index is 1.55. The summed E-state index contributed by atoms with van der Waals surface area (Å²) in [6.07, 6.45) is 0.748. The van der Waals surface area contributed by atoms with E-state index in [2.05, 4.69) is 27.1 Å². The summed E-state index contributed by atoms with van der Waals surface area (Å²) >= 11 is 3.35. The van der Waals surface area contributed by atoms with Crippen LogP contribution in [0.15, 0.2) is 41.1 Å². The van der Waals surface area contributed by atoms with Crippen molar-refractivity contribution in [1.29, 1.82) is 0 Å². The molecule has 0 atom stereocenters. The molecule has 0 fully saturated rings. The Bertz CT molecular complexity index is 806. The van der Waals surface area contributed by atoms with Crippen molar-refractivity contribution in [3.63, 3.8) is 0 Å². The molecule has 0 radical (unpaired) electrons. The van der Waals surface area contributed by atoms with E-state index in [4.69, 9.17) is 0 Å². The van der Waals surface area contributed by atoms with E-state index < -0.39 is 0 Å². The maximum absolute atomic E-state index is 12.2. The number of aromatic nitrogens is 1. The number of carbonyl (C=O) groups excluding carboxylic acids is 1. The molecular weight excluding hydrogens is 324 g/mol. The molecule has 0 bridgehead atoms. The molecule has 0 aliphatic carbocycles. The van der Waals surface area contributed by atoms with Gasteiger partial charge >= 0.3 is 0 Å². The maximum atomic E-state index is 12.2. The molecule has 0 saturated heterocycles. The Labute approximate surface area is 144 Å². The first-order chi connectivity index (χ1) is 11.1. The summed E-state index contributed by atoms with van der Waals surface area (Å²) in [5.74, 6) is -0.0261. The summed E-state index contributed by atoms with van der Waals surface area (Å²) in [7, 11) is 0. The maximum Gasteiger partial charge on any atom is 0.251 e. The second-order valence-corrected chi connectivity index (χ2v) is 7.23. The first-order valence-corrected chi connectivity index (χ1v) is 9.23.